The second-order valence-corrected chi connectivity index (χ2v) is 5.44. The third-order valence-electron chi connectivity index (χ3n) is 3.90. The predicted octanol–water partition coefficient (Wildman–Crippen LogP) is 3.23. The summed E-state index contributed by atoms with van der Waals surface area (Å²) in [4.78, 5) is 23.3. The predicted molar refractivity (Wildman–Crippen MR) is 80.5 cm³/mol. The van der Waals surface area contributed by atoms with E-state index in [1.165, 1.54) is 0 Å². The minimum absolute atomic E-state index is 0.0852. The first-order valence-corrected chi connectivity index (χ1v) is 7.19. The van der Waals surface area contributed by atoms with Gasteiger partial charge in [0.05, 0.1) is 11.5 Å². The van der Waals surface area contributed by atoms with Gasteiger partial charge in [0.25, 0.3) is 0 Å². The van der Waals surface area contributed by atoms with Crippen LogP contribution < -0.4 is 0 Å². The average molecular weight is 296 g/mol. The van der Waals surface area contributed by atoms with Crippen molar-refractivity contribution in [3.63, 3.8) is 0 Å². The van der Waals surface area contributed by atoms with Crippen molar-refractivity contribution >= 4 is 11.9 Å². The minimum Gasteiger partial charge on any atom is -0.481 e. The molecule has 22 heavy (non-hydrogen) atoms. The lowest BCUT2D eigenvalue weighted by Gasteiger charge is -2.09. The first-order chi connectivity index (χ1) is 10.7. The highest BCUT2D eigenvalue weighted by Gasteiger charge is 2.45. The Kier molecular flexibility index (Phi) is 3.92. The molecule has 0 amide bonds. The number of ether oxygens (including phenoxy) is 1. The lowest BCUT2D eigenvalue weighted by atomic mass is 10.0. The summed E-state index contributed by atoms with van der Waals surface area (Å²) in [7, 11) is 0. The number of hydrogen-bond donors (Lipinski definition) is 1. The fourth-order valence-corrected chi connectivity index (χ4v) is 2.62. The van der Waals surface area contributed by atoms with Crippen molar-refractivity contribution in [1.82, 2.24) is 0 Å². The first kappa shape index (κ1) is 14.3. The first-order valence-electron chi connectivity index (χ1n) is 7.19. The Balaban J connectivity index is 1.72. The number of hydrogen-bond acceptors (Lipinski definition) is 3. The number of aliphatic carboxylic acids is 1. The maximum absolute atomic E-state index is 12.3. The quantitative estimate of drug-likeness (QED) is 0.860. The van der Waals surface area contributed by atoms with E-state index in [1.54, 1.807) is 12.1 Å². The van der Waals surface area contributed by atoms with Gasteiger partial charge >= 0.3 is 11.9 Å². The van der Waals surface area contributed by atoms with Crippen molar-refractivity contribution in [2.45, 2.75) is 18.9 Å². The molecule has 2 aromatic carbocycles. The molecular weight excluding hydrogens is 280 g/mol. The molecule has 0 saturated heterocycles. The lowest BCUT2D eigenvalue weighted by molar-refractivity contribution is -0.138. The fraction of sp³-hybridized carbons (Fsp3) is 0.222. The molecule has 0 heterocycles. The minimum atomic E-state index is -0.808. The molecule has 0 bridgehead atoms. The van der Waals surface area contributed by atoms with Crippen LogP contribution in [0.4, 0.5) is 0 Å². The van der Waals surface area contributed by atoms with Gasteiger partial charge in [-0.1, -0.05) is 48.5 Å². The van der Waals surface area contributed by atoms with Gasteiger partial charge in [-0.2, -0.15) is 0 Å². The fourth-order valence-electron chi connectivity index (χ4n) is 2.62. The van der Waals surface area contributed by atoms with E-state index in [1.807, 2.05) is 42.5 Å². The van der Waals surface area contributed by atoms with Crippen LogP contribution in [0.25, 0.3) is 0 Å². The van der Waals surface area contributed by atoms with Gasteiger partial charge in [0.15, 0.2) is 0 Å². The molecule has 3 rings (SSSR count). The number of carboxylic acids is 1. The lowest BCUT2D eigenvalue weighted by Crippen LogP contribution is -2.09. The van der Waals surface area contributed by atoms with Gasteiger partial charge in [0, 0.05) is 0 Å². The Morgan fingerprint density at radius 3 is 2.41 bits per heavy atom. The topological polar surface area (TPSA) is 63.6 Å². The molecule has 0 spiro atoms. The van der Waals surface area contributed by atoms with Crippen molar-refractivity contribution in [3.8, 4) is 0 Å². The van der Waals surface area contributed by atoms with Crippen LogP contribution >= 0.6 is 0 Å². The van der Waals surface area contributed by atoms with E-state index in [2.05, 4.69) is 0 Å². The monoisotopic (exact) mass is 296 g/mol. The van der Waals surface area contributed by atoms with Crippen molar-refractivity contribution < 1.29 is 19.4 Å². The second kappa shape index (κ2) is 6.02. The summed E-state index contributed by atoms with van der Waals surface area (Å²) in [5.74, 6) is -1.69. The zero-order valence-corrected chi connectivity index (χ0v) is 11.9. The van der Waals surface area contributed by atoms with E-state index < -0.39 is 11.9 Å². The van der Waals surface area contributed by atoms with E-state index in [0.29, 0.717) is 12.0 Å². The summed E-state index contributed by atoms with van der Waals surface area (Å²) in [5.41, 5.74) is 2.16. The molecular formula is C18H16O4. The largest absolute Gasteiger partial charge is 0.481 e. The second-order valence-electron chi connectivity index (χ2n) is 5.44. The van der Waals surface area contributed by atoms with Crippen LogP contribution in [0.15, 0.2) is 54.6 Å². The van der Waals surface area contributed by atoms with Crippen molar-refractivity contribution in [2.24, 2.45) is 5.92 Å². The van der Waals surface area contributed by atoms with Gasteiger partial charge in [-0.15, -0.1) is 0 Å². The number of rotatable bonds is 5. The Labute approximate surface area is 128 Å². The highest BCUT2D eigenvalue weighted by Crippen LogP contribution is 2.48. The normalized spacial score (nSPS) is 19.5. The molecule has 0 aromatic heterocycles. The Bertz CT molecular complexity index is 693. The number of benzene rings is 2. The third-order valence-corrected chi connectivity index (χ3v) is 3.90. The molecule has 1 aliphatic carbocycles. The summed E-state index contributed by atoms with van der Waals surface area (Å²) in [5, 5.41) is 9.05. The molecule has 0 radical (unpaired) electrons. The van der Waals surface area contributed by atoms with Gasteiger partial charge in [-0.3, -0.25) is 4.79 Å². The molecule has 1 aliphatic rings. The number of carbonyl (C=O) groups is 2. The van der Waals surface area contributed by atoms with Crippen LogP contribution in [0, 0.1) is 5.92 Å². The molecule has 1 fully saturated rings. The Morgan fingerprint density at radius 1 is 1.05 bits per heavy atom. The maximum atomic E-state index is 12.3. The molecule has 0 aliphatic heterocycles. The Hall–Kier alpha value is -2.62. The molecule has 1 N–H and O–H groups in total. The van der Waals surface area contributed by atoms with Gasteiger partial charge in [0.2, 0.25) is 0 Å². The molecule has 2 unspecified atom stereocenters. The molecule has 4 nitrogen and oxygen atoms in total. The number of esters is 1. The van der Waals surface area contributed by atoms with Gasteiger partial charge < -0.3 is 9.84 Å². The standard InChI is InChI=1S/C18H16O4/c19-17(20)16-10-15(16)13-8-4-5-9-14(13)18(21)22-11-12-6-2-1-3-7-12/h1-9,15-16H,10-11H2,(H,19,20). The smallest absolute Gasteiger partial charge is 0.338 e. The molecule has 2 aromatic rings. The summed E-state index contributed by atoms with van der Waals surface area (Å²) in [6.45, 7) is 0.209. The Morgan fingerprint density at radius 2 is 1.73 bits per heavy atom. The number of carboxylic acid groups (broad SMARTS) is 1. The van der Waals surface area contributed by atoms with Crippen LogP contribution in [0.1, 0.15) is 33.8 Å². The van der Waals surface area contributed by atoms with E-state index >= 15 is 0 Å². The van der Waals surface area contributed by atoms with Crippen molar-refractivity contribution in [3.05, 3.63) is 71.3 Å². The number of carbonyl (C=O) groups excluding carboxylic acids is 1. The average Bonchev–Trinajstić information content (AvgIpc) is 3.34. The zero-order valence-electron chi connectivity index (χ0n) is 11.9. The molecule has 2 atom stereocenters. The molecule has 4 heteroatoms. The molecule has 112 valence electrons. The summed E-state index contributed by atoms with van der Waals surface area (Å²) in [6, 6.07) is 16.5. The van der Waals surface area contributed by atoms with Crippen LogP contribution in [-0.2, 0) is 16.1 Å². The van der Waals surface area contributed by atoms with E-state index in [4.69, 9.17) is 9.84 Å². The summed E-state index contributed by atoms with van der Waals surface area (Å²) >= 11 is 0. The molecule has 1 saturated carbocycles. The third kappa shape index (κ3) is 3.01. The van der Waals surface area contributed by atoms with Crippen LogP contribution in [0.2, 0.25) is 0 Å². The van der Waals surface area contributed by atoms with Crippen LogP contribution in [0.3, 0.4) is 0 Å². The van der Waals surface area contributed by atoms with Gasteiger partial charge in [0.1, 0.15) is 6.61 Å². The van der Waals surface area contributed by atoms with Crippen molar-refractivity contribution in [2.75, 3.05) is 0 Å². The van der Waals surface area contributed by atoms with Crippen LogP contribution in [0.5, 0.6) is 0 Å². The zero-order chi connectivity index (χ0) is 15.5. The summed E-state index contributed by atoms with van der Waals surface area (Å²) in [6.07, 6.45) is 0.582. The van der Waals surface area contributed by atoms with E-state index in [9.17, 15) is 9.59 Å². The van der Waals surface area contributed by atoms with Crippen molar-refractivity contribution in [1.29, 1.82) is 0 Å². The van der Waals surface area contributed by atoms with Gasteiger partial charge in [-0.25, -0.2) is 4.79 Å². The van der Waals surface area contributed by atoms with E-state index in [-0.39, 0.29) is 18.4 Å². The SMILES string of the molecule is O=C(OCc1ccccc1)c1ccccc1C1CC1C(=O)O. The van der Waals surface area contributed by atoms with Crippen LogP contribution in [-0.4, -0.2) is 17.0 Å². The maximum Gasteiger partial charge on any atom is 0.338 e. The summed E-state index contributed by atoms with van der Waals surface area (Å²) < 4.78 is 5.34. The van der Waals surface area contributed by atoms with Gasteiger partial charge in [-0.05, 0) is 29.5 Å². The van der Waals surface area contributed by atoms with E-state index in [0.717, 1.165) is 11.1 Å². The highest BCUT2D eigenvalue weighted by atomic mass is 16.5. The highest BCUT2D eigenvalue weighted by molar-refractivity contribution is 5.92.